The molecule has 0 heterocycles. The zero-order chi connectivity index (χ0) is 13.8. The molecular weight excluding hydrogens is 254 g/mol. The average molecular weight is 271 g/mol. The number of carboxylic acids is 1. The molecule has 6 heteroatoms. The van der Waals surface area contributed by atoms with Crippen LogP contribution >= 0.6 is 0 Å². The van der Waals surface area contributed by atoms with Crippen molar-refractivity contribution in [2.24, 2.45) is 0 Å². The molecule has 0 aliphatic heterocycles. The van der Waals surface area contributed by atoms with Crippen LogP contribution in [0, 0.1) is 0 Å². The molecule has 0 aliphatic rings. The second-order valence-electron chi connectivity index (χ2n) is 4.18. The molecule has 18 heavy (non-hydrogen) atoms. The zero-order valence-electron chi connectivity index (χ0n) is 10.5. The Morgan fingerprint density at radius 2 is 1.78 bits per heavy atom. The Bertz CT molecular complexity index is 505. The summed E-state index contributed by atoms with van der Waals surface area (Å²) < 4.78 is 24.7. The second kappa shape index (κ2) is 5.97. The molecule has 0 aromatic heterocycles. The summed E-state index contributed by atoms with van der Waals surface area (Å²) in [5, 5.41) is 8.52. The fourth-order valence-corrected chi connectivity index (χ4v) is 2.38. The highest BCUT2D eigenvalue weighted by Gasteiger charge is 2.16. The highest BCUT2D eigenvalue weighted by molar-refractivity contribution is 7.89. The molecule has 0 bridgehead atoms. The first-order valence-corrected chi connectivity index (χ1v) is 7.01. The molecule has 1 rings (SSSR count). The van der Waals surface area contributed by atoms with E-state index in [1.54, 1.807) is 24.3 Å². The number of rotatable bonds is 6. The molecule has 5 nitrogen and oxygen atoms in total. The van der Waals surface area contributed by atoms with E-state index >= 15 is 0 Å². The number of sulfonamides is 1. The molecule has 0 aliphatic carbocycles. The third-order valence-corrected chi connectivity index (χ3v) is 4.39. The van der Waals surface area contributed by atoms with Crippen LogP contribution in [0.15, 0.2) is 29.2 Å². The van der Waals surface area contributed by atoms with Crippen molar-refractivity contribution in [3.05, 3.63) is 29.8 Å². The van der Waals surface area contributed by atoms with E-state index in [-0.39, 0.29) is 11.3 Å². The first-order valence-electron chi connectivity index (χ1n) is 5.57. The van der Waals surface area contributed by atoms with Gasteiger partial charge in [-0.25, -0.2) is 12.7 Å². The lowest BCUT2D eigenvalue weighted by Crippen LogP contribution is -2.22. The summed E-state index contributed by atoms with van der Waals surface area (Å²) in [4.78, 5) is 10.6. The first kappa shape index (κ1) is 14.7. The molecule has 0 saturated carbocycles. The zero-order valence-corrected chi connectivity index (χ0v) is 11.3. The topological polar surface area (TPSA) is 74.7 Å². The van der Waals surface area contributed by atoms with Crippen LogP contribution in [0.25, 0.3) is 0 Å². The summed E-state index contributed by atoms with van der Waals surface area (Å²) in [6, 6.07) is 6.54. The molecule has 100 valence electrons. The van der Waals surface area contributed by atoms with Crippen LogP contribution < -0.4 is 0 Å². The Kier molecular flexibility index (Phi) is 4.86. The van der Waals surface area contributed by atoms with Crippen LogP contribution in [0.2, 0.25) is 0 Å². The number of hydrogen-bond donors (Lipinski definition) is 1. The molecule has 0 saturated heterocycles. The molecule has 1 N–H and O–H groups in total. The lowest BCUT2D eigenvalue weighted by Gasteiger charge is -2.11. The van der Waals surface area contributed by atoms with Crippen molar-refractivity contribution in [2.75, 3.05) is 14.1 Å². The maximum absolute atomic E-state index is 11.8. The minimum absolute atomic E-state index is 0.123. The van der Waals surface area contributed by atoms with E-state index in [0.717, 1.165) is 9.87 Å². The molecule has 0 amide bonds. The summed E-state index contributed by atoms with van der Waals surface area (Å²) in [6.45, 7) is 0. The molecular formula is C12H17NO4S. The van der Waals surface area contributed by atoms with Crippen molar-refractivity contribution in [3.63, 3.8) is 0 Å². The second-order valence-corrected chi connectivity index (χ2v) is 6.33. The van der Waals surface area contributed by atoms with E-state index in [4.69, 9.17) is 5.11 Å². The minimum Gasteiger partial charge on any atom is -0.481 e. The molecule has 1 aromatic carbocycles. The van der Waals surface area contributed by atoms with Crippen LogP contribution in [0.1, 0.15) is 18.4 Å². The third kappa shape index (κ3) is 3.82. The molecule has 0 atom stereocenters. The van der Waals surface area contributed by atoms with Crippen molar-refractivity contribution < 1.29 is 18.3 Å². The first-order chi connectivity index (χ1) is 8.34. The van der Waals surface area contributed by atoms with Crippen LogP contribution in [-0.4, -0.2) is 37.9 Å². The van der Waals surface area contributed by atoms with Gasteiger partial charge in [-0.05, 0) is 30.5 Å². The number of carbonyl (C=O) groups is 1. The van der Waals surface area contributed by atoms with Crippen LogP contribution in [0.5, 0.6) is 0 Å². The average Bonchev–Trinajstić information content (AvgIpc) is 2.29. The fraction of sp³-hybridized carbons (Fsp3) is 0.417. The summed E-state index contributed by atoms with van der Waals surface area (Å²) in [7, 11) is -0.424. The minimum atomic E-state index is -3.39. The third-order valence-electron chi connectivity index (χ3n) is 2.56. The highest BCUT2D eigenvalue weighted by atomic mass is 32.2. The van der Waals surface area contributed by atoms with Gasteiger partial charge in [-0.1, -0.05) is 12.1 Å². The summed E-state index contributed by atoms with van der Waals surface area (Å²) in [6.07, 6.45) is 1.31. The van der Waals surface area contributed by atoms with Gasteiger partial charge >= 0.3 is 5.97 Å². The van der Waals surface area contributed by atoms with Gasteiger partial charge in [0.25, 0.3) is 0 Å². The molecule has 0 fully saturated rings. The molecule has 0 radical (unpaired) electrons. The predicted molar refractivity (Wildman–Crippen MR) is 67.9 cm³/mol. The summed E-state index contributed by atoms with van der Waals surface area (Å²) in [5.41, 5.74) is 0.939. The smallest absolute Gasteiger partial charge is 0.303 e. The van der Waals surface area contributed by atoms with Crippen molar-refractivity contribution in [1.82, 2.24) is 4.31 Å². The largest absolute Gasteiger partial charge is 0.481 e. The van der Waals surface area contributed by atoms with Crippen molar-refractivity contribution >= 4 is 16.0 Å². The van der Waals surface area contributed by atoms with E-state index in [1.165, 1.54) is 14.1 Å². The maximum Gasteiger partial charge on any atom is 0.303 e. The van der Waals surface area contributed by atoms with Gasteiger partial charge in [0.1, 0.15) is 0 Å². The number of carboxylic acid groups (broad SMARTS) is 1. The van der Waals surface area contributed by atoms with E-state index < -0.39 is 16.0 Å². The standard InChI is InChI=1S/C12H17NO4S/c1-13(2)18(16,17)11-8-6-10(7-9-11)4-3-5-12(14)15/h6-9H,3-5H2,1-2H3,(H,14,15). The number of aliphatic carboxylic acids is 1. The van der Waals surface area contributed by atoms with Gasteiger partial charge in [0.2, 0.25) is 10.0 Å². The van der Waals surface area contributed by atoms with Crippen LogP contribution in [0.3, 0.4) is 0 Å². The predicted octanol–water partition coefficient (Wildman–Crippen LogP) is 1.34. The van der Waals surface area contributed by atoms with Crippen molar-refractivity contribution in [3.8, 4) is 0 Å². The Morgan fingerprint density at radius 1 is 1.22 bits per heavy atom. The van der Waals surface area contributed by atoms with Crippen molar-refractivity contribution in [1.29, 1.82) is 0 Å². The number of benzene rings is 1. The lowest BCUT2D eigenvalue weighted by atomic mass is 10.1. The van der Waals surface area contributed by atoms with E-state index in [0.29, 0.717) is 12.8 Å². The van der Waals surface area contributed by atoms with Gasteiger partial charge in [0.15, 0.2) is 0 Å². The Balaban J connectivity index is 2.72. The Morgan fingerprint density at radius 3 is 2.22 bits per heavy atom. The van der Waals surface area contributed by atoms with Gasteiger partial charge in [0.05, 0.1) is 4.90 Å². The normalized spacial score (nSPS) is 11.7. The summed E-state index contributed by atoms with van der Waals surface area (Å²) in [5.74, 6) is -0.818. The number of nitrogens with zero attached hydrogens (tertiary/aromatic N) is 1. The SMILES string of the molecule is CN(C)S(=O)(=O)c1ccc(CCCC(=O)O)cc1. The molecule has 0 unspecified atom stereocenters. The van der Waals surface area contributed by atoms with E-state index in [9.17, 15) is 13.2 Å². The quantitative estimate of drug-likeness (QED) is 0.847. The monoisotopic (exact) mass is 271 g/mol. The Labute approximate surface area is 107 Å². The van der Waals surface area contributed by atoms with E-state index in [2.05, 4.69) is 0 Å². The van der Waals surface area contributed by atoms with Crippen LogP contribution in [0.4, 0.5) is 0 Å². The summed E-state index contributed by atoms with van der Waals surface area (Å²) >= 11 is 0. The Hall–Kier alpha value is -1.40. The van der Waals surface area contributed by atoms with Gasteiger partial charge in [-0.2, -0.15) is 0 Å². The van der Waals surface area contributed by atoms with Gasteiger partial charge in [-0.3, -0.25) is 4.79 Å². The molecule has 1 aromatic rings. The van der Waals surface area contributed by atoms with E-state index in [1.807, 2.05) is 0 Å². The van der Waals surface area contributed by atoms with Crippen LogP contribution in [-0.2, 0) is 21.2 Å². The highest BCUT2D eigenvalue weighted by Crippen LogP contribution is 2.15. The van der Waals surface area contributed by atoms with Gasteiger partial charge in [0, 0.05) is 20.5 Å². The molecule has 0 spiro atoms. The van der Waals surface area contributed by atoms with Gasteiger partial charge < -0.3 is 5.11 Å². The number of hydrogen-bond acceptors (Lipinski definition) is 3. The van der Waals surface area contributed by atoms with Crippen molar-refractivity contribution in [2.45, 2.75) is 24.2 Å². The number of aryl methyl sites for hydroxylation is 1. The fourth-order valence-electron chi connectivity index (χ4n) is 1.48. The lowest BCUT2D eigenvalue weighted by molar-refractivity contribution is -0.137. The maximum atomic E-state index is 11.8. The van der Waals surface area contributed by atoms with Gasteiger partial charge in [-0.15, -0.1) is 0 Å².